The summed E-state index contributed by atoms with van der Waals surface area (Å²) in [6, 6.07) is 10.3. The van der Waals surface area contributed by atoms with Gasteiger partial charge in [0.2, 0.25) is 0 Å². The molecule has 0 aliphatic carbocycles. The Morgan fingerprint density at radius 1 is 0.963 bits per heavy atom. The summed E-state index contributed by atoms with van der Waals surface area (Å²) in [7, 11) is 0. The van der Waals surface area contributed by atoms with Crippen LogP contribution in [0, 0.1) is 5.82 Å². The van der Waals surface area contributed by atoms with Gasteiger partial charge in [-0.25, -0.2) is 23.7 Å². The third-order valence-electron chi connectivity index (χ3n) is 4.80. The Bertz CT molecular complexity index is 894. The van der Waals surface area contributed by atoms with E-state index in [9.17, 15) is 4.39 Å². The Labute approximate surface area is 156 Å². The summed E-state index contributed by atoms with van der Waals surface area (Å²) in [5.41, 5.74) is 0.0320. The molecule has 3 aromatic heterocycles. The predicted molar refractivity (Wildman–Crippen MR) is 98.4 cm³/mol. The highest BCUT2D eigenvalue weighted by Crippen LogP contribution is 2.31. The van der Waals surface area contributed by atoms with Crippen LogP contribution in [0.5, 0.6) is 0 Å². The smallest absolute Gasteiger partial charge is 0.180 e. The highest BCUT2D eigenvalue weighted by Gasteiger charge is 2.35. The van der Waals surface area contributed by atoms with Crippen molar-refractivity contribution >= 4 is 5.82 Å². The van der Waals surface area contributed by atoms with Crippen LogP contribution in [0.25, 0.3) is 11.5 Å². The molecule has 0 bridgehead atoms. The highest BCUT2D eigenvalue weighted by molar-refractivity contribution is 5.52. The second-order valence-electron chi connectivity index (χ2n) is 6.74. The van der Waals surface area contributed by atoms with E-state index in [1.807, 2.05) is 23.1 Å². The number of halogens is 2. The number of alkyl halides is 1. The van der Waals surface area contributed by atoms with E-state index in [-0.39, 0.29) is 0 Å². The average molecular weight is 367 g/mol. The molecule has 5 nitrogen and oxygen atoms in total. The van der Waals surface area contributed by atoms with Crippen molar-refractivity contribution in [1.82, 2.24) is 19.9 Å². The van der Waals surface area contributed by atoms with E-state index >= 15 is 4.39 Å². The minimum atomic E-state index is -1.25. The highest BCUT2D eigenvalue weighted by atomic mass is 19.1. The van der Waals surface area contributed by atoms with E-state index in [4.69, 9.17) is 0 Å². The number of aromatic nitrogens is 4. The maximum Gasteiger partial charge on any atom is 0.180 e. The van der Waals surface area contributed by atoms with E-state index in [0.29, 0.717) is 43.9 Å². The second kappa shape index (κ2) is 7.34. The summed E-state index contributed by atoms with van der Waals surface area (Å²) < 4.78 is 28.2. The Morgan fingerprint density at radius 3 is 2.52 bits per heavy atom. The van der Waals surface area contributed by atoms with E-state index in [1.165, 1.54) is 6.07 Å². The zero-order valence-corrected chi connectivity index (χ0v) is 14.7. The molecule has 1 aliphatic rings. The van der Waals surface area contributed by atoms with Crippen molar-refractivity contribution in [1.29, 1.82) is 0 Å². The molecular formula is C20H19F2N5. The summed E-state index contributed by atoms with van der Waals surface area (Å²) in [5, 5.41) is 0. The maximum atomic E-state index is 15.2. The van der Waals surface area contributed by atoms with Crippen molar-refractivity contribution in [2.45, 2.75) is 24.9 Å². The first kappa shape index (κ1) is 17.5. The first-order chi connectivity index (χ1) is 13.1. The number of pyridine rings is 2. The van der Waals surface area contributed by atoms with E-state index in [1.54, 1.807) is 24.5 Å². The molecule has 138 valence electrons. The SMILES string of the molecule is Fc1ccc(-c2nccc(N3CCC(F)(Cc4ccccn4)CC3)n2)nc1. The van der Waals surface area contributed by atoms with Crippen LogP contribution in [0.4, 0.5) is 14.6 Å². The fraction of sp³-hybridized carbons (Fsp3) is 0.300. The molecule has 1 saturated heterocycles. The summed E-state index contributed by atoms with van der Waals surface area (Å²) in [4.78, 5) is 19.0. The van der Waals surface area contributed by atoms with Gasteiger partial charge in [-0.1, -0.05) is 6.07 Å². The molecule has 4 heterocycles. The van der Waals surface area contributed by atoms with Crippen molar-refractivity contribution in [3.8, 4) is 11.5 Å². The molecule has 27 heavy (non-hydrogen) atoms. The molecule has 0 atom stereocenters. The summed E-state index contributed by atoms with van der Waals surface area (Å²) in [6.45, 7) is 1.13. The van der Waals surface area contributed by atoms with Gasteiger partial charge in [0.15, 0.2) is 5.82 Å². The van der Waals surface area contributed by atoms with Crippen LogP contribution in [0.2, 0.25) is 0 Å². The van der Waals surface area contributed by atoms with Crippen molar-refractivity contribution in [2.75, 3.05) is 18.0 Å². The first-order valence-corrected chi connectivity index (χ1v) is 8.90. The fourth-order valence-electron chi connectivity index (χ4n) is 3.30. The average Bonchev–Trinajstić information content (AvgIpc) is 2.70. The number of hydrogen-bond donors (Lipinski definition) is 0. The van der Waals surface area contributed by atoms with E-state index in [2.05, 4.69) is 19.9 Å². The quantitative estimate of drug-likeness (QED) is 0.705. The van der Waals surface area contributed by atoms with Gasteiger partial charge in [-0.05, 0) is 43.2 Å². The molecule has 0 radical (unpaired) electrons. The van der Waals surface area contributed by atoms with Gasteiger partial charge < -0.3 is 4.90 Å². The lowest BCUT2D eigenvalue weighted by molar-refractivity contribution is 0.124. The monoisotopic (exact) mass is 367 g/mol. The van der Waals surface area contributed by atoms with Crippen molar-refractivity contribution in [2.24, 2.45) is 0 Å². The molecule has 1 aliphatic heterocycles. The molecule has 0 spiro atoms. The Hall–Kier alpha value is -2.96. The number of rotatable bonds is 4. The van der Waals surface area contributed by atoms with Crippen LogP contribution in [-0.4, -0.2) is 38.7 Å². The Kier molecular flexibility index (Phi) is 4.75. The molecule has 4 rings (SSSR count). The van der Waals surface area contributed by atoms with Gasteiger partial charge in [-0.3, -0.25) is 4.98 Å². The predicted octanol–water partition coefficient (Wildman–Crippen LogP) is 3.62. The third kappa shape index (κ3) is 4.07. The van der Waals surface area contributed by atoms with Crippen LogP contribution in [0.15, 0.2) is 55.0 Å². The van der Waals surface area contributed by atoms with Crippen LogP contribution in [0.1, 0.15) is 18.5 Å². The van der Waals surface area contributed by atoms with Gasteiger partial charge in [0.1, 0.15) is 23.0 Å². The maximum absolute atomic E-state index is 15.2. The van der Waals surface area contributed by atoms with Crippen molar-refractivity contribution in [3.63, 3.8) is 0 Å². The molecule has 0 unspecified atom stereocenters. The van der Waals surface area contributed by atoms with E-state index in [0.717, 1.165) is 17.7 Å². The topological polar surface area (TPSA) is 54.8 Å². The molecule has 0 N–H and O–H groups in total. The molecule has 3 aromatic rings. The molecular weight excluding hydrogens is 348 g/mol. The summed E-state index contributed by atoms with van der Waals surface area (Å²) in [6.07, 6.45) is 5.64. The summed E-state index contributed by atoms with van der Waals surface area (Å²) >= 11 is 0. The van der Waals surface area contributed by atoms with Crippen molar-refractivity contribution < 1.29 is 8.78 Å². The van der Waals surface area contributed by atoms with Gasteiger partial charge >= 0.3 is 0 Å². The second-order valence-corrected chi connectivity index (χ2v) is 6.74. The standard InChI is InChI=1S/C20H19F2N5/c21-15-4-5-17(25-14-15)19-24-10-6-18(26-19)27-11-7-20(22,8-12-27)13-16-3-1-2-9-23-16/h1-6,9-10,14H,7-8,11-13H2. The first-order valence-electron chi connectivity index (χ1n) is 8.90. The van der Waals surface area contributed by atoms with Gasteiger partial charge in [0, 0.05) is 37.6 Å². The lowest BCUT2D eigenvalue weighted by Crippen LogP contribution is -2.43. The zero-order chi connectivity index (χ0) is 18.7. The number of piperidine rings is 1. The number of hydrogen-bond acceptors (Lipinski definition) is 5. The molecule has 0 saturated carbocycles. The largest absolute Gasteiger partial charge is 0.356 e. The molecule has 0 aromatic carbocycles. The third-order valence-corrected chi connectivity index (χ3v) is 4.80. The Balaban J connectivity index is 1.45. The van der Waals surface area contributed by atoms with Crippen LogP contribution in [0.3, 0.4) is 0 Å². The summed E-state index contributed by atoms with van der Waals surface area (Å²) in [5.74, 6) is 0.752. The molecule has 7 heteroatoms. The van der Waals surface area contributed by atoms with Crippen LogP contribution >= 0.6 is 0 Å². The molecule has 0 amide bonds. The van der Waals surface area contributed by atoms with Crippen LogP contribution in [-0.2, 0) is 6.42 Å². The molecule has 1 fully saturated rings. The van der Waals surface area contributed by atoms with Gasteiger partial charge in [0.05, 0.1) is 6.20 Å². The van der Waals surface area contributed by atoms with E-state index < -0.39 is 11.5 Å². The number of nitrogens with zero attached hydrogens (tertiary/aromatic N) is 5. The lowest BCUT2D eigenvalue weighted by atomic mass is 9.88. The minimum Gasteiger partial charge on any atom is -0.356 e. The fourth-order valence-corrected chi connectivity index (χ4v) is 3.30. The normalized spacial score (nSPS) is 16.3. The van der Waals surface area contributed by atoms with Gasteiger partial charge in [0.25, 0.3) is 0 Å². The van der Waals surface area contributed by atoms with Gasteiger partial charge in [-0.15, -0.1) is 0 Å². The lowest BCUT2D eigenvalue weighted by Gasteiger charge is -2.37. The van der Waals surface area contributed by atoms with Crippen LogP contribution < -0.4 is 4.90 Å². The number of anilines is 1. The van der Waals surface area contributed by atoms with Gasteiger partial charge in [-0.2, -0.15) is 0 Å². The van der Waals surface area contributed by atoms with Crippen molar-refractivity contribution in [3.05, 3.63) is 66.5 Å². The zero-order valence-electron chi connectivity index (χ0n) is 14.7. The Morgan fingerprint density at radius 2 is 1.81 bits per heavy atom. The minimum absolute atomic E-state index is 0.330.